The Morgan fingerprint density at radius 2 is 1.89 bits per heavy atom. The number of carboxylic acid groups (broad SMARTS) is 1. The van der Waals surface area contributed by atoms with E-state index in [1.54, 1.807) is 0 Å². The summed E-state index contributed by atoms with van der Waals surface area (Å²) >= 11 is 0. The van der Waals surface area contributed by atoms with Crippen LogP contribution in [0, 0.1) is 23.2 Å². The molecule has 2 saturated carbocycles. The van der Waals surface area contributed by atoms with Gasteiger partial charge in [-0.05, 0) is 31.1 Å². The van der Waals surface area contributed by atoms with Crippen LogP contribution in [-0.4, -0.2) is 35.0 Å². The predicted octanol–water partition coefficient (Wildman–Crippen LogP) is 1.99. The summed E-state index contributed by atoms with van der Waals surface area (Å²) in [7, 11) is 0. The van der Waals surface area contributed by atoms with Crippen LogP contribution in [0.2, 0.25) is 0 Å². The Kier molecular flexibility index (Phi) is 3.39. The maximum atomic E-state index is 12.4. The highest BCUT2D eigenvalue weighted by Crippen LogP contribution is 2.59. The molecule has 0 aliphatic heterocycles. The Hall–Kier alpha value is -1.06. The summed E-state index contributed by atoms with van der Waals surface area (Å²) < 4.78 is 0. The monoisotopic (exact) mass is 253 g/mol. The second-order valence-corrected chi connectivity index (χ2v) is 6.29. The molecule has 18 heavy (non-hydrogen) atoms. The number of carbonyl (C=O) groups is 2. The van der Waals surface area contributed by atoms with Crippen molar-refractivity contribution in [3.63, 3.8) is 0 Å². The summed E-state index contributed by atoms with van der Waals surface area (Å²) in [5.41, 5.74) is -0.379. The molecular weight excluding hydrogens is 230 g/mol. The predicted molar refractivity (Wildman–Crippen MR) is 68.0 cm³/mol. The molecule has 0 radical (unpaired) electrons. The molecule has 0 aromatic carbocycles. The number of amides is 1. The van der Waals surface area contributed by atoms with Crippen LogP contribution in [0.4, 0.5) is 0 Å². The van der Waals surface area contributed by atoms with E-state index < -0.39 is 11.9 Å². The van der Waals surface area contributed by atoms with Gasteiger partial charge in [0.2, 0.25) is 5.91 Å². The second kappa shape index (κ2) is 4.56. The molecule has 2 unspecified atom stereocenters. The Morgan fingerprint density at radius 3 is 2.22 bits per heavy atom. The lowest BCUT2D eigenvalue weighted by Gasteiger charge is -2.32. The van der Waals surface area contributed by atoms with Gasteiger partial charge in [-0.1, -0.05) is 20.3 Å². The number of hydrogen-bond donors (Lipinski definition) is 1. The van der Waals surface area contributed by atoms with Crippen LogP contribution in [0.15, 0.2) is 0 Å². The van der Waals surface area contributed by atoms with Crippen molar-refractivity contribution >= 4 is 11.9 Å². The lowest BCUT2D eigenvalue weighted by Crippen LogP contribution is -2.39. The van der Waals surface area contributed by atoms with E-state index in [-0.39, 0.29) is 17.2 Å². The lowest BCUT2D eigenvalue weighted by atomic mass is 9.85. The molecule has 2 fully saturated rings. The van der Waals surface area contributed by atoms with Gasteiger partial charge in [0, 0.05) is 13.1 Å². The molecule has 0 aromatic heterocycles. The number of carboxylic acids is 1. The molecule has 0 spiro atoms. The van der Waals surface area contributed by atoms with Gasteiger partial charge in [-0.2, -0.15) is 0 Å². The fourth-order valence-corrected chi connectivity index (χ4v) is 3.12. The lowest BCUT2D eigenvalue weighted by molar-refractivity contribution is -0.142. The first-order chi connectivity index (χ1) is 8.39. The zero-order chi connectivity index (χ0) is 13.5. The minimum atomic E-state index is -0.835. The molecule has 4 heteroatoms. The molecule has 2 atom stereocenters. The Labute approximate surface area is 108 Å². The maximum absolute atomic E-state index is 12.4. The van der Waals surface area contributed by atoms with Gasteiger partial charge in [0.1, 0.15) is 0 Å². The average molecular weight is 253 g/mol. The zero-order valence-electron chi connectivity index (χ0n) is 11.5. The second-order valence-electron chi connectivity index (χ2n) is 6.29. The number of nitrogens with zero attached hydrogens (tertiary/aromatic N) is 1. The maximum Gasteiger partial charge on any atom is 0.307 e. The smallest absolute Gasteiger partial charge is 0.307 e. The summed E-state index contributed by atoms with van der Waals surface area (Å²) in [6.45, 7) is 7.24. The molecule has 4 nitrogen and oxygen atoms in total. The molecule has 0 bridgehead atoms. The van der Waals surface area contributed by atoms with Crippen molar-refractivity contribution in [3.05, 3.63) is 0 Å². The molecule has 0 aromatic rings. The van der Waals surface area contributed by atoms with Gasteiger partial charge < -0.3 is 10.0 Å². The Morgan fingerprint density at radius 1 is 1.28 bits per heavy atom. The summed E-state index contributed by atoms with van der Waals surface area (Å²) in [5, 5.41) is 9.13. The van der Waals surface area contributed by atoms with E-state index in [4.69, 9.17) is 5.11 Å². The van der Waals surface area contributed by atoms with Crippen LogP contribution in [0.1, 0.15) is 40.0 Å². The van der Waals surface area contributed by atoms with Crippen molar-refractivity contribution in [2.75, 3.05) is 13.1 Å². The summed E-state index contributed by atoms with van der Waals surface area (Å²) in [6, 6.07) is 0. The highest BCUT2D eigenvalue weighted by atomic mass is 16.4. The van der Waals surface area contributed by atoms with Gasteiger partial charge >= 0.3 is 5.97 Å². The van der Waals surface area contributed by atoms with Gasteiger partial charge in [-0.3, -0.25) is 9.59 Å². The first-order valence-corrected chi connectivity index (χ1v) is 6.91. The van der Waals surface area contributed by atoms with Crippen molar-refractivity contribution in [1.82, 2.24) is 4.90 Å². The molecule has 1 N–H and O–H groups in total. The van der Waals surface area contributed by atoms with Crippen molar-refractivity contribution in [3.8, 4) is 0 Å². The largest absolute Gasteiger partial charge is 0.481 e. The number of rotatable bonds is 5. The van der Waals surface area contributed by atoms with Crippen LogP contribution < -0.4 is 0 Å². The molecule has 0 saturated heterocycles. The molecule has 2 aliphatic rings. The molecule has 0 heterocycles. The SMILES string of the molecule is CCN(CC1CCC1)C(=O)C1C(C(=O)O)C1(C)C. The van der Waals surface area contributed by atoms with E-state index in [0.717, 1.165) is 6.54 Å². The summed E-state index contributed by atoms with van der Waals surface area (Å²) in [6.07, 6.45) is 3.68. The molecule has 102 valence electrons. The number of carbonyl (C=O) groups excluding carboxylic acids is 1. The first-order valence-electron chi connectivity index (χ1n) is 6.91. The van der Waals surface area contributed by atoms with Crippen LogP contribution >= 0.6 is 0 Å². The van der Waals surface area contributed by atoms with Crippen molar-refractivity contribution in [2.24, 2.45) is 23.2 Å². The van der Waals surface area contributed by atoms with Crippen LogP contribution in [0.25, 0.3) is 0 Å². The molecular formula is C14H23NO3. The van der Waals surface area contributed by atoms with Crippen LogP contribution in [0.5, 0.6) is 0 Å². The van der Waals surface area contributed by atoms with E-state index in [1.807, 2.05) is 25.7 Å². The molecule has 2 rings (SSSR count). The van der Waals surface area contributed by atoms with Crippen LogP contribution in [0.3, 0.4) is 0 Å². The minimum absolute atomic E-state index is 0.0433. The first kappa shape index (κ1) is 13.4. The topological polar surface area (TPSA) is 57.6 Å². The fraction of sp³-hybridized carbons (Fsp3) is 0.857. The Balaban J connectivity index is 1.99. The van der Waals surface area contributed by atoms with Crippen molar-refractivity contribution in [2.45, 2.75) is 40.0 Å². The molecule has 2 aliphatic carbocycles. The van der Waals surface area contributed by atoms with Gasteiger partial charge in [0.15, 0.2) is 0 Å². The quantitative estimate of drug-likeness (QED) is 0.815. The van der Waals surface area contributed by atoms with Crippen LogP contribution in [-0.2, 0) is 9.59 Å². The molecule has 1 amide bonds. The highest BCUT2D eigenvalue weighted by Gasteiger charge is 2.66. The number of aliphatic carboxylic acids is 1. The van der Waals surface area contributed by atoms with E-state index in [9.17, 15) is 9.59 Å². The fourth-order valence-electron chi connectivity index (χ4n) is 3.12. The van der Waals surface area contributed by atoms with Gasteiger partial charge in [-0.15, -0.1) is 0 Å². The van der Waals surface area contributed by atoms with Gasteiger partial charge in [0.05, 0.1) is 11.8 Å². The van der Waals surface area contributed by atoms with E-state index in [2.05, 4.69) is 0 Å². The Bertz CT molecular complexity index is 360. The number of hydrogen-bond acceptors (Lipinski definition) is 2. The van der Waals surface area contributed by atoms with E-state index in [1.165, 1.54) is 19.3 Å². The highest BCUT2D eigenvalue weighted by molar-refractivity contribution is 5.91. The third-order valence-electron chi connectivity index (χ3n) is 4.76. The van der Waals surface area contributed by atoms with Crippen molar-refractivity contribution in [1.29, 1.82) is 0 Å². The normalized spacial score (nSPS) is 29.5. The summed E-state index contributed by atoms with van der Waals surface area (Å²) in [5.74, 6) is -0.977. The minimum Gasteiger partial charge on any atom is -0.481 e. The zero-order valence-corrected chi connectivity index (χ0v) is 11.5. The van der Waals surface area contributed by atoms with E-state index in [0.29, 0.717) is 12.5 Å². The van der Waals surface area contributed by atoms with E-state index >= 15 is 0 Å². The van der Waals surface area contributed by atoms with Crippen molar-refractivity contribution < 1.29 is 14.7 Å². The average Bonchev–Trinajstić information content (AvgIpc) is 2.79. The third-order valence-corrected chi connectivity index (χ3v) is 4.76. The van der Waals surface area contributed by atoms with Gasteiger partial charge in [-0.25, -0.2) is 0 Å². The van der Waals surface area contributed by atoms with Gasteiger partial charge in [0.25, 0.3) is 0 Å². The standard InChI is InChI=1S/C14H23NO3/c1-4-15(8-9-6-5-7-9)12(16)10-11(13(17)18)14(10,2)3/h9-11H,4-8H2,1-3H3,(H,17,18). The summed E-state index contributed by atoms with van der Waals surface area (Å²) in [4.78, 5) is 25.4. The third kappa shape index (κ3) is 2.13.